The second-order valence-electron chi connectivity index (χ2n) is 4.56. The molecule has 0 aliphatic heterocycles. The lowest BCUT2D eigenvalue weighted by molar-refractivity contribution is 0.0691. The smallest absolute Gasteiger partial charge is 0.355 e. The zero-order valence-electron chi connectivity index (χ0n) is 12.4. The fourth-order valence-corrected chi connectivity index (χ4v) is 3.31. The lowest BCUT2D eigenvalue weighted by Gasteiger charge is -2.29. The van der Waals surface area contributed by atoms with Gasteiger partial charge in [-0.3, -0.25) is 0 Å². The van der Waals surface area contributed by atoms with Crippen LogP contribution in [0.1, 0.15) is 42.2 Å². The number of aromatic carboxylic acids is 1. The molecular weight excluding hydrogens is 310 g/mol. The van der Waals surface area contributed by atoms with E-state index in [9.17, 15) is 9.59 Å². The van der Waals surface area contributed by atoms with Crippen molar-refractivity contribution < 1.29 is 14.7 Å². The van der Waals surface area contributed by atoms with Crippen molar-refractivity contribution in [2.45, 2.75) is 38.0 Å². The van der Waals surface area contributed by atoms with Crippen LogP contribution >= 0.6 is 23.1 Å². The number of nitrogens with zero attached hydrogens (tertiary/aromatic N) is 1. The summed E-state index contributed by atoms with van der Waals surface area (Å²) in [5.41, 5.74) is 0.00979. The van der Waals surface area contributed by atoms with E-state index in [1.807, 2.05) is 0 Å². The Bertz CT molecular complexity index is 478. The van der Waals surface area contributed by atoms with E-state index in [0.717, 1.165) is 12.8 Å². The van der Waals surface area contributed by atoms with E-state index in [1.54, 1.807) is 11.8 Å². The monoisotopic (exact) mass is 331 g/mol. The predicted octanol–water partition coefficient (Wildman–Crippen LogP) is 2.56. The highest BCUT2D eigenvalue weighted by Gasteiger charge is 2.25. The maximum Gasteiger partial charge on any atom is 0.355 e. The minimum atomic E-state index is -1.06. The molecule has 2 amide bonds. The van der Waals surface area contributed by atoms with Gasteiger partial charge in [0, 0.05) is 16.7 Å². The van der Waals surface area contributed by atoms with E-state index in [0.29, 0.717) is 11.6 Å². The van der Waals surface area contributed by atoms with Gasteiger partial charge in [-0.05, 0) is 19.1 Å². The van der Waals surface area contributed by atoms with E-state index in [1.165, 1.54) is 16.7 Å². The van der Waals surface area contributed by atoms with Gasteiger partial charge in [-0.15, -0.1) is 11.3 Å². The lowest BCUT2D eigenvalue weighted by Crippen LogP contribution is -2.43. The Morgan fingerprint density at radius 1 is 1.38 bits per heavy atom. The number of urea groups is 1. The molecule has 0 spiro atoms. The molecule has 0 aliphatic carbocycles. The fraction of sp³-hybridized carbons (Fsp3) is 0.615. The average molecular weight is 331 g/mol. The molecular formula is C13H21N3O3S2. The van der Waals surface area contributed by atoms with Crippen LogP contribution in [0.4, 0.5) is 4.79 Å². The van der Waals surface area contributed by atoms with Crippen LogP contribution in [0.25, 0.3) is 0 Å². The minimum Gasteiger partial charge on any atom is -0.476 e. The number of hydrogen-bond acceptors (Lipinski definition) is 5. The van der Waals surface area contributed by atoms with Crippen LogP contribution in [0.5, 0.6) is 0 Å². The van der Waals surface area contributed by atoms with Gasteiger partial charge in [0.1, 0.15) is 5.01 Å². The Morgan fingerprint density at radius 2 is 2.05 bits per heavy atom. The van der Waals surface area contributed by atoms with Crippen LogP contribution in [-0.4, -0.2) is 39.6 Å². The van der Waals surface area contributed by atoms with Crippen LogP contribution in [0.2, 0.25) is 0 Å². The van der Waals surface area contributed by atoms with Gasteiger partial charge < -0.3 is 15.7 Å². The number of carboxylic acid groups (broad SMARTS) is 1. The quantitative estimate of drug-likeness (QED) is 0.681. The third-order valence-electron chi connectivity index (χ3n) is 3.46. The first-order chi connectivity index (χ1) is 9.96. The Balaban J connectivity index is 2.41. The Kier molecular flexibility index (Phi) is 6.97. The third-order valence-corrected chi connectivity index (χ3v) is 5.90. The number of carbonyl (C=O) groups is 2. The maximum absolute atomic E-state index is 11.8. The zero-order valence-corrected chi connectivity index (χ0v) is 14.1. The van der Waals surface area contributed by atoms with Crippen molar-refractivity contribution in [1.29, 1.82) is 0 Å². The van der Waals surface area contributed by atoms with E-state index in [-0.39, 0.29) is 23.0 Å². The van der Waals surface area contributed by atoms with Gasteiger partial charge in [0.25, 0.3) is 0 Å². The molecule has 1 aromatic rings. The summed E-state index contributed by atoms with van der Waals surface area (Å²) in [6, 6.07) is -0.262. The molecule has 118 valence electrons. The Labute approximate surface area is 132 Å². The summed E-state index contributed by atoms with van der Waals surface area (Å²) in [5.74, 6) is -1.06. The van der Waals surface area contributed by atoms with Crippen molar-refractivity contribution in [2.24, 2.45) is 0 Å². The van der Waals surface area contributed by atoms with Crippen molar-refractivity contribution in [3.8, 4) is 0 Å². The Hall–Kier alpha value is -1.28. The topological polar surface area (TPSA) is 91.3 Å². The van der Waals surface area contributed by atoms with Crippen LogP contribution in [0.3, 0.4) is 0 Å². The van der Waals surface area contributed by atoms with Crippen LogP contribution in [-0.2, 0) is 6.54 Å². The van der Waals surface area contributed by atoms with Crippen molar-refractivity contribution in [3.63, 3.8) is 0 Å². The van der Waals surface area contributed by atoms with E-state index >= 15 is 0 Å². The molecule has 0 atom stereocenters. The van der Waals surface area contributed by atoms with Gasteiger partial charge in [0.05, 0.1) is 6.54 Å². The van der Waals surface area contributed by atoms with Gasteiger partial charge in [-0.1, -0.05) is 13.8 Å². The molecule has 0 fully saturated rings. The standard InChI is InChI=1S/C13H21N3O3S2/c1-4-13(5-2,20-3)8-15-12(19)14-6-10-16-9(7-21-10)11(17)18/h7H,4-6,8H2,1-3H3,(H,17,18)(H2,14,15,19). The van der Waals surface area contributed by atoms with Crippen LogP contribution in [0, 0.1) is 0 Å². The molecule has 0 unspecified atom stereocenters. The molecule has 1 heterocycles. The molecule has 0 bridgehead atoms. The number of aromatic nitrogens is 1. The maximum atomic E-state index is 11.8. The molecule has 8 heteroatoms. The number of carboxylic acids is 1. The molecule has 0 saturated heterocycles. The first-order valence-electron chi connectivity index (χ1n) is 6.71. The molecule has 0 saturated carbocycles. The van der Waals surface area contributed by atoms with Gasteiger partial charge in [-0.2, -0.15) is 11.8 Å². The third kappa shape index (κ3) is 5.20. The van der Waals surface area contributed by atoms with E-state index < -0.39 is 5.97 Å². The van der Waals surface area contributed by atoms with E-state index in [2.05, 4.69) is 35.7 Å². The Morgan fingerprint density at radius 3 is 2.52 bits per heavy atom. The van der Waals surface area contributed by atoms with Crippen molar-refractivity contribution >= 4 is 35.1 Å². The zero-order chi connectivity index (χ0) is 15.9. The van der Waals surface area contributed by atoms with Gasteiger partial charge in [0.15, 0.2) is 5.69 Å². The minimum absolute atomic E-state index is 0.00979. The van der Waals surface area contributed by atoms with Gasteiger partial charge in [0.2, 0.25) is 0 Å². The molecule has 1 rings (SSSR count). The highest BCUT2D eigenvalue weighted by atomic mass is 32.2. The molecule has 6 nitrogen and oxygen atoms in total. The number of nitrogens with one attached hydrogen (secondary N) is 2. The first kappa shape index (κ1) is 17.8. The summed E-state index contributed by atoms with van der Waals surface area (Å²) >= 11 is 2.98. The van der Waals surface area contributed by atoms with Crippen molar-refractivity contribution in [1.82, 2.24) is 15.6 Å². The molecule has 21 heavy (non-hydrogen) atoms. The number of hydrogen-bond donors (Lipinski definition) is 3. The summed E-state index contributed by atoms with van der Waals surface area (Å²) in [6.07, 6.45) is 4.02. The SMILES string of the molecule is CCC(CC)(CNC(=O)NCc1nc(C(=O)O)cs1)SC. The highest BCUT2D eigenvalue weighted by Crippen LogP contribution is 2.29. The molecule has 0 radical (unpaired) electrons. The number of rotatable bonds is 8. The second kappa shape index (κ2) is 8.23. The number of carbonyl (C=O) groups excluding carboxylic acids is 1. The molecule has 3 N–H and O–H groups in total. The van der Waals surface area contributed by atoms with Crippen molar-refractivity contribution in [2.75, 3.05) is 12.8 Å². The first-order valence-corrected chi connectivity index (χ1v) is 8.81. The molecule has 1 aromatic heterocycles. The average Bonchev–Trinajstić information content (AvgIpc) is 2.96. The molecule has 0 aliphatic rings. The second-order valence-corrected chi connectivity index (χ2v) is 6.78. The highest BCUT2D eigenvalue weighted by molar-refractivity contribution is 8.00. The summed E-state index contributed by atoms with van der Waals surface area (Å²) in [7, 11) is 0. The van der Waals surface area contributed by atoms with Crippen LogP contribution in [0.15, 0.2) is 5.38 Å². The van der Waals surface area contributed by atoms with E-state index in [4.69, 9.17) is 5.11 Å². The number of thiazole rings is 1. The summed E-state index contributed by atoms with van der Waals surface area (Å²) < 4.78 is 0.0645. The van der Waals surface area contributed by atoms with Crippen molar-refractivity contribution in [3.05, 3.63) is 16.1 Å². The summed E-state index contributed by atoms with van der Waals surface area (Å²) in [4.78, 5) is 26.4. The lowest BCUT2D eigenvalue weighted by atomic mass is 10.0. The fourth-order valence-electron chi connectivity index (χ4n) is 1.81. The largest absolute Gasteiger partial charge is 0.476 e. The van der Waals surface area contributed by atoms with Crippen LogP contribution < -0.4 is 10.6 Å². The summed E-state index contributed by atoms with van der Waals surface area (Å²) in [5, 5.41) is 16.4. The normalized spacial score (nSPS) is 11.2. The summed E-state index contributed by atoms with van der Waals surface area (Å²) in [6.45, 7) is 5.06. The predicted molar refractivity (Wildman–Crippen MR) is 86.1 cm³/mol. The van der Waals surface area contributed by atoms with Gasteiger partial charge >= 0.3 is 12.0 Å². The number of amides is 2. The molecule has 0 aromatic carbocycles. The number of thioether (sulfide) groups is 1. The van der Waals surface area contributed by atoms with Gasteiger partial charge in [-0.25, -0.2) is 14.6 Å².